The lowest BCUT2D eigenvalue weighted by Crippen LogP contribution is -2.24. The van der Waals surface area contributed by atoms with Gasteiger partial charge in [-0.1, -0.05) is 28.1 Å². The number of anilines is 1. The van der Waals surface area contributed by atoms with Crippen LogP contribution < -0.4 is 10.4 Å². The summed E-state index contributed by atoms with van der Waals surface area (Å²) in [5.41, 5.74) is 1.69. The summed E-state index contributed by atoms with van der Waals surface area (Å²) in [5.74, 6) is -1.63. The average molecular weight is 354 g/mol. The fourth-order valence-corrected chi connectivity index (χ4v) is 2.64. The van der Waals surface area contributed by atoms with Gasteiger partial charge in [0.25, 0.3) is 0 Å². The summed E-state index contributed by atoms with van der Waals surface area (Å²) in [6, 6.07) is 7.66. The van der Waals surface area contributed by atoms with Gasteiger partial charge in [-0.25, -0.2) is 4.98 Å². The number of carbonyl (C=O) groups excluding carboxylic acids is 2. The van der Waals surface area contributed by atoms with Gasteiger partial charge in [0.1, 0.15) is 0 Å². The molecule has 0 fully saturated rings. The Kier molecular flexibility index (Phi) is 4.86. The summed E-state index contributed by atoms with van der Waals surface area (Å²) in [6.07, 6.45) is -0.413. The maximum atomic E-state index is 11.5. The van der Waals surface area contributed by atoms with Gasteiger partial charge in [-0.2, -0.15) is 0 Å². The first-order valence-electron chi connectivity index (χ1n) is 5.76. The third-order valence-electron chi connectivity index (χ3n) is 2.43. The molecule has 0 aliphatic rings. The van der Waals surface area contributed by atoms with Gasteiger partial charge in [-0.05, 0) is 18.6 Å². The number of halogens is 1. The number of thiazole rings is 1. The molecule has 20 heavy (non-hydrogen) atoms. The first kappa shape index (κ1) is 14.7. The third kappa shape index (κ3) is 4.14. The van der Waals surface area contributed by atoms with Crippen molar-refractivity contribution in [3.63, 3.8) is 0 Å². The van der Waals surface area contributed by atoms with E-state index in [1.807, 2.05) is 29.6 Å². The Morgan fingerprint density at radius 2 is 2.15 bits per heavy atom. The van der Waals surface area contributed by atoms with Crippen LogP contribution in [0.3, 0.4) is 0 Å². The quantitative estimate of drug-likeness (QED) is 0.891. The summed E-state index contributed by atoms with van der Waals surface area (Å²) >= 11 is 4.68. The molecule has 1 N–H and O–H groups in total. The van der Waals surface area contributed by atoms with E-state index in [9.17, 15) is 14.7 Å². The molecular weight excluding hydrogens is 344 g/mol. The van der Waals surface area contributed by atoms with E-state index in [4.69, 9.17) is 0 Å². The molecular formula is C13H10BrN2O3S-. The van der Waals surface area contributed by atoms with E-state index in [2.05, 4.69) is 26.2 Å². The molecule has 1 aromatic heterocycles. The van der Waals surface area contributed by atoms with Gasteiger partial charge < -0.3 is 15.2 Å². The van der Waals surface area contributed by atoms with Crippen molar-refractivity contribution < 1.29 is 14.7 Å². The van der Waals surface area contributed by atoms with Crippen molar-refractivity contribution in [2.75, 3.05) is 5.32 Å². The van der Waals surface area contributed by atoms with Crippen molar-refractivity contribution in [1.29, 1.82) is 0 Å². The molecule has 0 spiro atoms. The van der Waals surface area contributed by atoms with E-state index >= 15 is 0 Å². The van der Waals surface area contributed by atoms with Crippen LogP contribution in [0.4, 0.5) is 5.13 Å². The molecule has 0 atom stereocenters. The van der Waals surface area contributed by atoms with E-state index < -0.39 is 5.97 Å². The largest absolute Gasteiger partial charge is 0.550 e. The summed E-state index contributed by atoms with van der Waals surface area (Å²) in [6.45, 7) is 0. The number of nitrogens with one attached hydrogen (secondary N) is 1. The van der Waals surface area contributed by atoms with Crippen LogP contribution in [-0.2, 0) is 9.59 Å². The lowest BCUT2D eigenvalue weighted by atomic mass is 10.2. The van der Waals surface area contributed by atoms with Crippen molar-refractivity contribution in [2.45, 2.75) is 12.8 Å². The number of aromatic nitrogens is 1. The average Bonchev–Trinajstić information content (AvgIpc) is 2.85. The first-order chi connectivity index (χ1) is 9.54. The number of carbonyl (C=O) groups is 2. The van der Waals surface area contributed by atoms with Gasteiger partial charge in [0.05, 0.1) is 5.69 Å². The Hall–Kier alpha value is -1.73. The van der Waals surface area contributed by atoms with Crippen molar-refractivity contribution in [2.24, 2.45) is 0 Å². The van der Waals surface area contributed by atoms with Crippen molar-refractivity contribution in [3.8, 4) is 11.3 Å². The molecule has 2 aromatic rings. The predicted octanol–water partition coefficient (Wildman–Crippen LogP) is 2.04. The van der Waals surface area contributed by atoms with Crippen molar-refractivity contribution >= 4 is 44.3 Å². The second kappa shape index (κ2) is 6.62. The second-order valence-corrected chi connectivity index (χ2v) is 5.74. The van der Waals surface area contributed by atoms with Crippen LogP contribution in [0, 0.1) is 0 Å². The van der Waals surface area contributed by atoms with Crippen LogP contribution in [0.15, 0.2) is 34.1 Å². The third-order valence-corrected chi connectivity index (χ3v) is 3.68. The van der Waals surface area contributed by atoms with E-state index in [0.29, 0.717) is 5.13 Å². The number of aliphatic carboxylic acids is 1. The zero-order valence-electron chi connectivity index (χ0n) is 10.3. The van der Waals surface area contributed by atoms with E-state index in [1.54, 1.807) is 0 Å². The van der Waals surface area contributed by atoms with E-state index in [-0.39, 0.29) is 18.7 Å². The Labute approximate surface area is 127 Å². The van der Waals surface area contributed by atoms with Gasteiger partial charge in [0.15, 0.2) is 5.13 Å². The van der Waals surface area contributed by atoms with Crippen LogP contribution in [-0.4, -0.2) is 16.9 Å². The molecule has 7 heteroatoms. The number of amides is 1. The molecule has 0 aliphatic carbocycles. The molecule has 1 amide bonds. The molecule has 1 heterocycles. The number of carboxylic acids is 1. The topological polar surface area (TPSA) is 82.1 Å². The van der Waals surface area contributed by atoms with Crippen molar-refractivity contribution in [1.82, 2.24) is 4.98 Å². The smallest absolute Gasteiger partial charge is 0.226 e. The summed E-state index contributed by atoms with van der Waals surface area (Å²) in [4.78, 5) is 26.0. The lowest BCUT2D eigenvalue weighted by molar-refractivity contribution is -0.305. The van der Waals surface area contributed by atoms with Gasteiger partial charge in [0, 0.05) is 27.8 Å². The number of carboxylic acid groups (broad SMARTS) is 1. The number of hydrogen-bond acceptors (Lipinski definition) is 5. The molecule has 2 rings (SSSR count). The maximum Gasteiger partial charge on any atom is 0.226 e. The molecule has 1 aromatic carbocycles. The first-order valence-corrected chi connectivity index (χ1v) is 7.43. The van der Waals surface area contributed by atoms with Crippen LogP contribution in [0.25, 0.3) is 11.3 Å². The normalized spacial score (nSPS) is 10.2. The number of rotatable bonds is 5. The zero-order chi connectivity index (χ0) is 14.5. The monoisotopic (exact) mass is 353 g/mol. The number of hydrogen-bond donors (Lipinski definition) is 1. The maximum absolute atomic E-state index is 11.5. The molecule has 0 unspecified atom stereocenters. The molecule has 0 saturated carbocycles. The highest BCUT2D eigenvalue weighted by atomic mass is 79.9. The van der Waals surface area contributed by atoms with Crippen LogP contribution >= 0.6 is 27.3 Å². The van der Waals surface area contributed by atoms with Gasteiger partial charge in [0.2, 0.25) is 5.91 Å². The Morgan fingerprint density at radius 3 is 2.85 bits per heavy atom. The lowest BCUT2D eigenvalue weighted by Gasteiger charge is -2.02. The minimum absolute atomic E-state index is 0.117. The Morgan fingerprint density at radius 1 is 1.35 bits per heavy atom. The van der Waals surface area contributed by atoms with E-state index in [0.717, 1.165) is 15.7 Å². The zero-order valence-corrected chi connectivity index (χ0v) is 12.7. The number of benzene rings is 1. The van der Waals surface area contributed by atoms with Crippen molar-refractivity contribution in [3.05, 3.63) is 34.1 Å². The fourth-order valence-electron chi connectivity index (χ4n) is 1.51. The molecule has 0 bridgehead atoms. The Bertz CT molecular complexity index is 642. The standard InChI is InChI=1S/C13H11BrN2O3S/c14-9-3-1-2-8(6-9)10-7-20-13(15-10)16-11(17)4-5-12(18)19/h1-3,6-7H,4-5H2,(H,18,19)(H,15,16,17)/p-1. The highest BCUT2D eigenvalue weighted by molar-refractivity contribution is 9.10. The fraction of sp³-hybridized carbons (Fsp3) is 0.154. The molecule has 104 valence electrons. The molecule has 0 aliphatic heterocycles. The minimum Gasteiger partial charge on any atom is -0.550 e. The summed E-state index contributed by atoms with van der Waals surface area (Å²) < 4.78 is 0.947. The molecule has 5 nitrogen and oxygen atoms in total. The van der Waals surface area contributed by atoms with Gasteiger partial charge >= 0.3 is 0 Å². The van der Waals surface area contributed by atoms with Crippen LogP contribution in [0.1, 0.15) is 12.8 Å². The minimum atomic E-state index is -1.24. The highest BCUT2D eigenvalue weighted by Crippen LogP contribution is 2.26. The predicted molar refractivity (Wildman–Crippen MR) is 78.1 cm³/mol. The van der Waals surface area contributed by atoms with E-state index in [1.165, 1.54) is 11.3 Å². The second-order valence-electron chi connectivity index (χ2n) is 3.97. The van der Waals surface area contributed by atoms with Crippen LogP contribution in [0.5, 0.6) is 0 Å². The summed E-state index contributed by atoms with van der Waals surface area (Å²) in [7, 11) is 0. The highest BCUT2D eigenvalue weighted by Gasteiger charge is 2.08. The Balaban J connectivity index is 2.02. The van der Waals surface area contributed by atoms with Crippen LogP contribution in [0.2, 0.25) is 0 Å². The van der Waals surface area contributed by atoms with Gasteiger partial charge in [-0.15, -0.1) is 11.3 Å². The number of nitrogens with zero attached hydrogens (tertiary/aromatic N) is 1. The SMILES string of the molecule is O=C([O-])CCC(=O)Nc1nc(-c2cccc(Br)c2)cs1. The summed E-state index contributed by atoms with van der Waals surface area (Å²) in [5, 5.41) is 15.1. The molecule has 0 saturated heterocycles. The van der Waals surface area contributed by atoms with Gasteiger partial charge in [-0.3, -0.25) is 4.79 Å². The molecule has 0 radical (unpaired) electrons.